The maximum atomic E-state index is 6.72. The molecule has 0 bridgehead atoms. The average Bonchev–Trinajstić information content (AvgIpc) is 3.13. The van der Waals surface area contributed by atoms with Crippen LogP contribution in [0.2, 0.25) is 0 Å². The summed E-state index contributed by atoms with van der Waals surface area (Å²) in [5, 5.41) is 3.77. The predicted octanol–water partition coefficient (Wildman–Crippen LogP) is 4.67. The summed E-state index contributed by atoms with van der Waals surface area (Å²) < 4.78 is 6.72. The fourth-order valence-corrected chi connectivity index (χ4v) is 4.32. The van der Waals surface area contributed by atoms with Gasteiger partial charge in [0.05, 0.1) is 11.7 Å². The first kappa shape index (κ1) is 15.8. The van der Waals surface area contributed by atoms with Crippen molar-refractivity contribution in [2.75, 3.05) is 6.54 Å². The Bertz CT molecular complexity index is 328. The molecule has 3 saturated carbocycles. The Morgan fingerprint density at radius 2 is 1.57 bits per heavy atom. The molecular formula is C19H35NO. The van der Waals surface area contributed by atoms with Crippen LogP contribution in [0, 0.1) is 11.3 Å². The molecule has 2 heteroatoms. The van der Waals surface area contributed by atoms with Crippen LogP contribution in [0.5, 0.6) is 0 Å². The van der Waals surface area contributed by atoms with E-state index in [1.165, 1.54) is 64.2 Å². The van der Waals surface area contributed by atoms with Gasteiger partial charge >= 0.3 is 0 Å². The summed E-state index contributed by atoms with van der Waals surface area (Å²) >= 11 is 0. The minimum absolute atomic E-state index is 0.152. The Labute approximate surface area is 131 Å². The standard InChI is InChI=1S/C19H35NO/c1-18(2,3)15-10-12-19(13-11-15,14-20-16-8-9-16)21-17-6-4-5-7-17/h15-17,20H,4-14H2,1-3H3. The van der Waals surface area contributed by atoms with Gasteiger partial charge in [0.1, 0.15) is 0 Å². The molecule has 122 valence electrons. The Kier molecular flexibility index (Phi) is 4.66. The molecule has 0 heterocycles. The van der Waals surface area contributed by atoms with Crippen molar-refractivity contribution in [2.45, 2.75) is 103 Å². The quantitative estimate of drug-likeness (QED) is 0.795. The molecule has 0 aromatic heterocycles. The van der Waals surface area contributed by atoms with Gasteiger partial charge in [-0.05, 0) is 62.7 Å². The summed E-state index contributed by atoms with van der Waals surface area (Å²) in [7, 11) is 0. The smallest absolute Gasteiger partial charge is 0.0810 e. The normalized spacial score (nSPS) is 35.3. The van der Waals surface area contributed by atoms with Crippen molar-refractivity contribution in [2.24, 2.45) is 11.3 Å². The van der Waals surface area contributed by atoms with Crippen LogP contribution in [-0.4, -0.2) is 24.3 Å². The highest BCUT2D eigenvalue weighted by molar-refractivity contribution is 4.95. The molecular weight excluding hydrogens is 258 g/mol. The molecule has 3 fully saturated rings. The molecule has 0 spiro atoms. The van der Waals surface area contributed by atoms with Gasteiger partial charge in [-0.3, -0.25) is 0 Å². The molecule has 0 amide bonds. The van der Waals surface area contributed by atoms with E-state index in [4.69, 9.17) is 4.74 Å². The zero-order chi connectivity index (χ0) is 14.9. The van der Waals surface area contributed by atoms with Gasteiger partial charge in [0.15, 0.2) is 0 Å². The van der Waals surface area contributed by atoms with Crippen LogP contribution in [-0.2, 0) is 4.74 Å². The van der Waals surface area contributed by atoms with Crippen LogP contribution in [0.25, 0.3) is 0 Å². The van der Waals surface area contributed by atoms with Gasteiger partial charge in [-0.15, -0.1) is 0 Å². The molecule has 0 aliphatic heterocycles. The lowest BCUT2D eigenvalue weighted by Crippen LogP contribution is -2.49. The SMILES string of the molecule is CC(C)(C)C1CCC(CNC2CC2)(OC2CCCC2)CC1. The highest BCUT2D eigenvalue weighted by atomic mass is 16.5. The van der Waals surface area contributed by atoms with E-state index in [-0.39, 0.29) is 5.60 Å². The maximum absolute atomic E-state index is 6.72. The molecule has 3 aliphatic rings. The largest absolute Gasteiger partial charge is 0.370 e. The third kappa shape index (κ3) is 4.22. The van der Waals surface area contributed by atoms with Gasteiger partial charge in [-0.25, -0.2) is 0 Å². The first-order valence-corrected chi connectivity index (χ1v) is 9.38. The van der Waals surface area contributed by atoms with Crippen molar-refractivity contribution in [1.82, 2.24) is 5.32 Å². The number of ether oxygens (including phenoxy) is 1. The molecule has 0 aromatic carbocycles. The zero-order valence-electron chi connectivity index (χ0n) is 14.4. The minimum atomic E-state index is 0.152. The van der Waals surface area contributed by atoms with E-state index in [0.29, 0.717) is 11.5 Å². The summed E-state index contributed by atoms with van der Waals surface area (Å²) in [6, 6.07) is 0.800. The van der Waals surface area contributed by atoms with Crippen molar-refractivity contribution in [3.8, 4) is 0 Å². The topological polar surface area (TPSA) is 21.3 Å². The van der Waals surface area contributed by atoms with E-state index in [1.807, 2.05) is 0 Å². The van der Waals surface area contributed by atoms with E-state index in [0.717, 1.165) is 18.5 Å². The first-order valence-electron chi connectivity index (χ1n) is 9.38. The Morgan fingerprint density at radius 3 is 2.10 bits per heavy atom. The number of nitrogens with one attached hydrogen (secondary N) is 1. The monoisotopic (exact) mass is 293 g/mol. The van der Waals surface area contributed by atoms with Crippen molar-refractivity contribution in [3.63, 3.8) is 0 Å². The van der Waals surface area contributed by atoms with Gasteiger partial charge in [-0.2, -0.15) is 0 Å². The van der Waals surface area contributed by atoms with Gasteiger partial charge in [0.2, 0.25) is 0 Å². The molecule has 3 rings (SSSR count). The highest BCUT2D eigenvalue weighted by Crippen LogP contribution is 2.44. The molecule has 2 nitrogen and oxygen atoms in total. The van der Waals surface area contributed by atoms with Crippen LogP contribution < -0.4 is 5.32 Å². The van der Waals surface area contributed by atoms with Gasteiger partial charge in [0.25, 0.3) is 0 Å². The van der Waals surface area contributed by atoms with Crippen molar-refractivity contribution in [3.05, 3.63) is 0 Å². The Morgan fingerprint density at radius 1 is 0.952 bits per heavy atom. The zero-order valence-corrected chi connectivity index (χ0v) is 14.4. The summed E-state index contributed by atoms with van der Waals surface area (Å²) in [4.78, 5) is 0. The van der Waals surface area contributed by atoms with E-state index in [2.05, 4.69) is 26.1 Å². The summed E-state index contributed by atoms with van der Waals surface area (Å²) in [6.07, 6.45) is 13.9. The number of rotatable bonds is 5. The number of hydrogen-bond donors (Lipinski definition) is 1. The van der Waals surface area contributed by atoms with E-state index >= 15 is 0 Å². The second-order valence-corrected chi connectivity index (χ2v) is 9.00. The minimum Gasteiger partial charge on any atom is -0.370 e. The average molecular weight is 293 g/mol. The molecule has 1 N–H and O–H groups in total. The van der Waals surface area contributed by atoms with E-state index < -0.39 is 0 Å². The molecule has 0 saturated heterocycles. The molecule has 0 unspecified atom stereocenters. The van der Waals surface area contributed by atoms with Crippen LogP contribution in [0.3, 0.4) is 0 Å². The number of hydrogen-bond acceptors (Lipinski definition) is 2. The lowest BCUT2D eigenvalue weighted by atomic mass is 9.68. The maximum Gasteiger partial charge on any atom is 0.0810 e. The molecule has 3 aliphatic carbocycles. The molecule has 21 heavy (non-hydrogen) atoms. The first-order chi connectivity index (χ1) is 9.97. The lowest BCUT2D eigenvalue weighted by Gasteiger charge is -2.45. The van der Waals surface area contributed by atoms with Gasteiger partial charge in [-0.1, -0.05) is 33.6 Å². The lowest BCUT2D eigenvalue weighted by molar-refractivity contribution is -0.121. The van der Waals surface area contributed by atoms with Crippen LogP contribution in [0.4, 0.5) is 0 Å². The summed E-state index contributed by atoms with van der Waals surface area (Å²) in [5.74, 6) is 0.874. The molecule has 0 atom stereocenters. The van der Waals surface area contributed by atoms with E-state index in [1.54, 1.807) is 0 Å². The molecule has 0 radical (unpaired) electrons. The van der Waals surface area contributed by atoms with E-state index in [9.17, 15) is 0 Å². The Hall–Kier alpha value is -0.0800. The summed E-state index contributed by atoms with van der Waals surface area (Å²) in [5.41, 5.74) is 0.614. The second-order valence-electron chi connectivity index (χ2n) is 9.00. The Balaban J connectivity index is 1.59. The van der Waals surface area contributed by atoms with Crippen LogP contribution in [0.15, 0.2) is 0 Å². The third-order valence-electron chi connectivity index (χ3n) is 6.13. The fourth-order valence-electron chi connectivity index (χ4n) is 4.32. The highest BCUT2D eigenvalue weighted by Gasteiger charge is 2.42. The molecule has 0 aromatic rings. The van der Waals surface area contributed by atoms with Crippen LogP contribution >= 0.6 is 0 Å². The van der Waals surface area contributed by atoms with Crippen molar-refractivity contribution in [1.29, 1.82) is 0 Å². The predicted molar refractivity (Wildman–Crippen MR) is 88.5 cm³/mol. The van der Waals surface area contributed by atoms with Crippen molar-refractivity contribution < 1.29 is 4.74 Å². The second kappa shape index (κ2) is 6.20. The van der Waals surface area contributed by atoms with Crippen molar-refractivity contribution >= 4 is 0 Å². The third-order valence-corrected chi connectivity index (χ3v) is 6.13. The summed E-state index contributed by atoms with van der Waals surface area (Å²) in [6.45, 7) is 8.33. The van der Waals surface area contributed by atoms with Crippen LogP contribution in [0.1, 0.15) is 85.0 Å². The van der Waals surface area contributed by atoms with Gasteiger partial charge < -0.3 is 10.1 Å². The van der Waals surface area contributed by atoms with Gasteiger partial charge in [0, 0.05) is 12.6 Å². The fraction of sp³-hybridized carbons (Fsp3) is 1.00.